The number of rotatable bonds is 2. The Hall–Kier alpha value is -0.0800. The van der Waals surface area contributed by atoms with Crippen LogP contribution in [0.3, 0.4) is 0 Å². The molecular weight excluding hydrogens is 232 g/mol. The van der Waals surface area contributed by atoms with Crippen molar-refractivity contribution < 1.29 is 0 Å². The van der Waals surface area contributed by atoms with E-state index in [0.29, 0.717) is 0 Å². The Morgan fingerprint density at radius 3 is 2.53 bits per heavy atom. The molecule has 3 aliphatic rings. The second kappa shape index (κ2) is 6.13. The first-order valence-electron chi connectivity index (χ1n) is 8.67. The molecule has 0 aromatic carbocycles. The fraction of sp³-hybridized carbons (Fsp3) is 1.00. The Morgan fingerprint density at radius 2 is 1.74 bits per heavy atom. The molecule has 0 aromatic rings. The molecule has 110 valence electrons. The maximum Gasteiger partial charge on any atom is 0.0120 e. The molecule has 1 N–H and O–H groups in total. The van der Waals surface area contributed by atoms with Crippen LogP contribution >= 0.6 is 0 Å². The van der Waals surface area contributed by atoms with Crippen LogP contribution in [-0.2, 0) is 0 Å². The lowest BCUT2D eigenvalue weighted by Gasteiger charge is -2.43. The van der Waals surface area contributed by atoms with Crippen molar-refractivity contribution in [3.05, 3.63) is 0 Å². The first-order valence-corrected chi connectivity index (χ1v) is 8.67. The third kappa shape index (κ3) is 3.33. The van der Waals surface area contributed by atoms with E-state index in [2.05, 4.69) is 24.2 Å². The standard InChI is InChI=1S/C17H32N2/c1-13-12-19(2)10-9-17(13)18-16-8-7-14-5-3-4-6-15(14)11-16/h13-18H,3-12H2,1-2H3. The van der Waals surface area contributed by atoms with Gasteiger partial charge in [0.05, 0.1) is 0 Å². The molecule has 0 bridgehead atoms. The van der Waals surface area contributed by atoms with Gasteiger partial charge in [-0.2, -0.15) is 0 Å². The normalized spacial score (nSPS) is 44.8. The molecule has 1 heterocycles. The highest BCUT2D eigenvalue weighted by atomic mass is 15.1. The number of piperidine rings is 1. The van der Waals surface area contributed by atoms with Gasteiger partial charge in [0.1, 0.15) is 0 Å². The molecule has 0 aromatic heterocycles. The molecule has 0 radical (unpaired) electrons. The first kappa shape index (κ1) is 13.9. The van der Waals surface area contributed by atoms with Crippen molar-refractivity contribution in [1.82, 2.24) is 10.2 Å². The number of nitrogens with one attached hydrogen (secondary N) is 1. The lowest BCUT2D eigenvalue weighted by Crippen LogP contribution is -2.51. The Labute approximate surface area is 119 Å². The van der Waals surface area contributed by atoms with Gasteiger partial charge in [0.2, 0.25) is 0 Å². The van der Waals surface area contributed by atoms with Crippen molar-refractivity contribution in [2.24, 2.45) is 17.8 Å². The molecule has 1 aliphatic heterocycles. The molecule has 3 fully saturated rings. The van der Waals surface area contributed by atoms with Gasteiger partial charge in [-0.15, -0.1) is 0 Å². The predicted molar refractivity (Wildman–Crippen MR) is 81.3 cm³/mol. The number of fused-ring (bicyclic) bond motifs is 1. The molecule has 2 saturated carbocycles. The van der Waals surface area contributed by atoms with Crippen LogP contribution in [0.15, 0.2) is 0 Å². The van der Waals surface area contributed by atoms with E-state index in [9.17, 15) is 0 Å². The van der Waals surface area contributed by atoms with Crippen LogP contribution in [-0.4, -0.2) is 37.1 Å². The van der Waals surface area contributed by atoms with E-state index in [0.717, 1.165) is 29.8 Å². The molecule has 2 aliphatic carbocycles. The summed E-state index contributed by atoms with van der Waals surface area (Å²) in [7, 11) is 2.26. The topological polar surface area (TPSA) is 15.3 Å². The highest BCUT2D eigenvalue weighted by Crippen LogP contribution is 2.40. The summed E-state index contributed by atoms with van der Waals surface area (Å²) in [5, 5.41) is 4.03. The fourth-order valence-corrected chi connectivity index (χ4v) is 4.93. The Balaban J connectivity index is 1.50. The molecule has 0 amide bonds. The molecule has 3 rings (SSSR count). The van der Waals surface area contributed by atoms with Crippen molar-refractivity contribution in [1.29, 1.82) is 0 Å². The van der Waals surface area contributed by atoms with Crippen molar-refractivity contribution in [3.63, 3.8) is 0 Å². The van der Waals surface area contributed by atoms with E-state index < -0.39 is 0 Å². The van der Waals surface area contributed by atoms with E-state index >= 15 is 0 Å². The van der Waals surface area contributed by atoms with E-state index in [1.54, 1.807) is 0 Å². The van der Waals surface area contributed by atoms with Crippen molar-refractivity contribution >= 4 is 0 Å². The Kier molecular flexibility index (Phi) is 4.48. The van der Waals surface area contributed by atoms with E-state index in [-0.39, 0.29) is 0 Å². The monoisotopic (exact) mass is 264 g/mol. The van der Waals surface area contributed by atoms with Crippen LogP contribution in [0, 0.1) is 17.8 Å². The van der Waals surface area contributed by atoms with Gasteiger partial charge in [0.25, 0.3) is 0 Å². The number of hydrogen-bond donors (Lipinski definition) is 1. The zero-order valence-corrected chi connectivity index (χ0v) is 12.9. The highest BCUT2D eigenvalue weighted by Gasteiger charge is 2.34. The van der Waals surface area contributed by atoms with E-state index in [4.69, 9.17) is 0 Å². The minimum atomic E-state index is 0.779. The molecule has 2 heteroatoms. The lowest BCUT2D eigenvalue weighted by molar-refractivity contribution is 0.114. The van der Waals surface area contributed by atoms with Crippen molar-refractivity contribution in [3.8, 4) is 0 Å². The summed E-state index contributed by atoms with van der Waals surface area (Å²) in [6.07, 6.45) is 11.8. The van der Waals surface area contributed by atoms with Crippen molar-refractivity contribution in [2.45, 2.75) is 70.4 Å². The van der Waals surface area contributed by atoms with Gasteiger partial charge >= 0.3 is 0 Å². The first-order chi connectivity index (χ1) is 9.22. The molecule has 1 saturated heterocycles. The molecule has 0 spiro atoms. The largest absolute Gasteiger partial charge is 0.311 e. The van der Waals surface area contributed by atoms with E-state index in [1.807, 2.05) is 0 Å². The van der Waals surface area contributed by atoms with Crippen LogP contribution in [0.2, 0.25) is 0 Å². The number of nitrogens with zero attached hydrogens (tertiary/aromatic N) is 1. The highest BCUT2D eigenvalue weighted by molar-refractivity contribution is 4.90. The zero-order valence-electron chi connectivity index (χ0n) is 12.9. The second-order valence-electron chi connectivity index (χ2n) is 7.62. The number of likely N-dealkylation sites (tertiary alicyclic amines) is 1. The van der Waals surface area contributed by atoms with Crippen LogP contribution in [0.1, 0.15) is 58.3 Å². The zero-order chi connectivity index (χ0) is 13.2. The maximum atomic E-state index is 4.03. The SMILES string of the molecule is CC1CN(C)CCC1NC1CCC2CCCCC2C1. The van der Waals surface area contributed by atoms with Gasteiger partial charge in [-0.25, -0.2) is 0 Å². The molecule has 5 atom stereocenters. The summed E-state index contributed by atoms with van der Waals surface area (Å²) in [6.45, 7) is 4.98. The minimum absolute atomic E-state index is 0.779. The summed E-state index contributed by atoms with van der Waals surface area (Å²) in [5.41, 5.74) is 0. The van der Waals surface area contributed by atoms with Crippen molar-refractivity contribution in [2.75, 3.05) is 20.1 Å². The molecule has 2 nitrogen and oxygen atoms in total. The summed E-state index contributed by atoms with van der Waals surface area (Å²) in [6, 6.07) is 1.61. The van der Waals surface area contributed by atoms with Gasteiger partial charge in [-0.1, -0.05) is 32.6 Å². The van der Waals surface area contributed by atoms with Gasteiger partial charge < -0.3 is 10.2 Å². The predicted octanol–water partition coefficient (Wildman–Crippen LogP) is 3.28. The smallest absolute Gasteiger partial charge is 0.0120 e. The summed E-state index contributed by atoms with van der Waals surface area (Å²) in [5.74, 6) is 2.96. The van der Waals surface area contributed by atoms with E-state index in [1.165, 1.54) is 64.5 Å². The quantitative estimate of drug-likeness (QED) is 0.823. The Bertz CT molecular complexity index is 291. The fourth-order valence-electron chi connectivity index (χ4n) is 4.93. The molecular formula is C17H32N2. The third-order valence-corrected chi connectivity index (χ3v) is 6.10. The molecule has 5 unspecified atom stereocenters. The van der Waals surface area contributed by atoms with Gasteiger partial charge in [0.15, 0.2) is 0 Å². The van der Waals surface area contributed by atoms with Crippen LogP contribution in [0.4, 0.5) is 0 Å². The van der Waals surface area contributed by atoms with Crippen LogP contribution in [0.25, 0.3) is 0 Å². The van der Waals surface area contributed by atoms with Crippen LogP contribution < -0.4 is 5.32 Å². The lowest BCUT2D eigenvalue weighted by atomic mass is 9.69. The average Bonchev–Trinajstić information content (AvgIpc) is 2.42. The van der Waals surface area contributed by atoms with Crippen LogP contribution in [0.5, 0.6) is 0 Å². The number of hydrogen-bond acceptors (Lipinski definition) is 2. The molecule has 19 heavy (non-hydrogen) atoms. The Morgan fingerprint density at radius 1 is 0.947 bits per heavy atom. The third-order valence-electron chi connectivity index (χ3n) is 6.10. The van der Waals surface area contributed by atoms with Gasteiger partial charge in [-0.3, -0.25) is 0 Å². The maximum absolute atomic E-state index is 4.03. The van der Waals surface area contributed by atoms with Gasteiger partial charge in [-0.05, 0) is 57.0 Å². The summed E-state index contributed by atoms with van der Waals surface area (Å²) in [4.78, 5) is 2.49. The summed E-state index contributed by atoms with van der Waals surface area (Å²) >= 11 is 0. The van der Waals surface area contributed by atoms with Gasteiger partial charge in [0, 0.05) is 18.6 Å². The summed E-state index contributed by atoms with van der Waals surface area (Å²) < 4.78 is 0. The second-order valence-corrected chi connectivity index (χ2v) is 7.62. The average molecular weight is 264 g/mol. The minimum Gasteiger partial charge on any atom is -0.311 e.